The summed E-state index contributed by atoms with van der Waals surface area (Å²) in [7, 11) is 0. The van der Waals surface area contributed by atoms with E-state index in [1.165, 1.54) is 0 Å². The molecule has 1 unspecified atom stereocenters. The number of nitrogens with zero attached hydrogens (tertiary/aromatic N) is 2. The van der Waals surface area contributed by atoms with Gasteiger partial charge in [0.2, 0.25) is 0 Å². The molecule has 1 fully saturated rings. The van der Waals surface area contributed by atoms with Gasteiger partial charge in [-0.1, -0.05) is 41.7 Å². The van der Waals surface area contributed by atoms with Crippen molar-refractivity contribution in [2.24, 2.45) is 5.41 Å². The second-order valence-corrected chi connectivity index (χ2v) is 6.42. The average molecular weight is 288 g/mol. The number of aromatic nitrogens is 1. The summed E-state index contributed by atoms with van der Waals surface area (Å²) in [4.78, 5) is 18.9. The molecule has 104 valence electrons. The van der Waals surface area contributed by atoms with Crippen LogP contribution >= 0.6 is 11.3 Å². The lowest BCUT2D eigenvalue weighted by Gasteiger charge is -2.19. The van der Waals surface area contributed by atoms with Gasteiger partial charge in [0.15, 0.2) is 5.13 Å². The van der Waals surface area contributed by atoms with Gasteiger partial charge in [0, 0.05) is 19.3 Å². The van der Waals surface area contributed by atoms with E-state index in [2.05, 4.69) is 22.0 Å². The van der Waals surface area contributed by atoms with Crippen molar-refractivity contribution < 1.29 is 9.90 Å². The first-order chi connectivity index (χ1) is 9.58. The van der Waals surface area contributed by atoms with Gasteiger partial charge in [-0.3, -0.25) is 4.79 Å². The van der Waals surface area contributed by atoms with Crippen molar-refractivity contribution >= 4 is 22.4 Å². The van der Waals surface area contributed by atoms with E-state index in [4.69, 9.17) is 0 Å². The smallest absolute Gasteiger partial charge is 0.311 e. The SMILES string of the molecule is CC1(C(=O)O)CCN(c2ncc(-c3ccccc3)s2)C1. The predicted molar refractivity (Wildman–Crippen MR) is 80.1 cm³/mol. The highest BCUT2D eigenvalue weighted by Gasteiger charge is 2.41. The van der Waals surface area contributed by atoms with Crippen LogP contribution in [0.15, 0.2) is 36.5 Å². The Labute approximate surface area is 121 Å². The molecule has 1 N–H and O–H groups in total. The van der Waals surface area contributed by atoms with Crippen molar-refractivity contribution in [2.45, 2.75) is 13.3 Å². The van der Waals surface area contributed by atoms with Crippen LogP contribution in [0, 0.1) is 5.41 Å². The van der Waals surface area contributed by atoms with Crippen LogP contribution in [0.2, 0.25) is 0 Å². The number of anilines is 1. The van der Waals surface area contributed by atoms with Crippen molar-refractivity contribution in [1.82, 2.24) is 4.98 Å². The Balaban J connectivity index is 1.80. The van der Waals surface area contributed by atoms with E-state index in [-0.39, 0.29) is 0 Å². The van der Waals surface area contributed by atoms with Gasteiger partial charge in [0.05, 0.1) is 10.3 Å². The summed E-state index contributed by atoms with van der Waals surface area (Å²) in [6.07, 6.45) is 2.54. The van der Waals surface area contributed by atoms with Crippen molar-refractivity contribution in [3.8, 4) is 10.4 Å². The molecular weight excluding hydrogens is 272 g/mol. The molecule has 1 aliphatic rings. The Morgan fingerprint density at radius 3 is 2.80 bits per heavy atom. The third-order valence-corrected chi connectivity index (χ3v) is 4.92. The van der Waals surface area contributed by atoms with Crippen LogP contribution in [0.4, 0.5) is 5.13 Å². The van der Waals surface area contributed by atoms with Gasteiger partial charge in [-0.15, -0.1) is 0 Å². The molecule has 1 aliphatic heterocycles. The van der Waals surface area contributed by atoms with Gasteiger partial charge in [-0.2, -0.15) is 0 Å². The van der Waals surface area contributed by atoms with Crippen LogP contribution in [0.25, 0.3) is 10.4 Å². The molecule has 1 aromatic heterocycles. The monoisotopic (exact) mass is 288 g/mol. The van der Waals surface area contributed by atoms with Gasteiger partial charge in [0.25, 0.3) is 0 Å². The topological polar surface area (TPSA) is 53.4 Å². The van der Waals surface area contributed by atoms with Gasteiger partial charge < -0.3 is 10.0 Å². The normalized spacial score (nSPS) is 22.1. The zero-order chi connectivity index (χ0) is 14.2. The van der Waals surface area contributed by atoms with Crippen molar-refractivity contribution in [3.05, 3.63) is 36.5 Å². The highest BCUT2D eigenvalue weighted by molar-refractivity contribution is 7.18. The first-order valence-electron chi connectivity index (χ1n) is 6.58. The molecule has 0 radical (unpaired) electrons. The van der Waals surface area contributed by atoms with E-state index in [0.29, 0.717) is 13.0 Å². The number of aliphatic carboxylic acids is 1. The molecule has 5 heteroatoms. The molecule has 2 aromatic rings. The van der Waals surface area contributed by atoms with Crippen LogP contribution in [0.1, 0.15) is 13.3 Å². The molecule has 3 rings (SSSR count). The molecule has 1 aromatic carbocycles. The van der Waals surface area contributed by atoms with Gasteiger partial charge in [0.1, 0.15) is 0 Å². The second kappa shape index (κ2) is 4.90. The summed E-state index contributed by atoms with van der Waals surface area (Å²) in [6, 6.07) is 10.1. The van der Waals surface area contributed by atoms with E-state index in [0.717, 1.165) is 22.1 Å². The lowest BCUT2D eigenvalue weighted by Crippen LogP contribution is -2.31. The lowest BCUT2D eigenvalue weighted by atomic mass is 9.90. The van der Waals surface area contributed by atoms with Crippen LogP contribution in [0.3, 0.4) is 0 Å². The third-order valence-electron chi connectivity index (χ3n) is 3.81. The van der Waals surface area contributed by atoms with Crippen molar-refractivity contribution in [2.75, 3.05) is 18.0 Å². The third kappa shape index (κ3) is 2.29. The fourth-order valence-corrected chi connectivity index (χ4v) is 3.39. The number of thiazole rings is 1. The van der Waals surface area contributed by atoms with Crippen LogP contribution in [0.5, 0.6) is 0 Å². The predicted octanol–water partition coefficient (Wildman–Crippen LogP) is 3.11. The molecule has 0 saturated carbocycles. The summed E-state index contributed by atoms with van der Waals surface area (Å²) >= 11 is 1.62. The molecule has 0 bridgehead atoms. The maximum Gasteiger partial charge on any atom is 0.311 e. The maximum absolute atomic E-state index is 11.3. The van der Waals surface area contributed by atoms with Crippen LogP contribution in [-0.2, 0) is 4.79 Å². The summed E-state index contributed by atoms with van der Waals surface area (Å²) in [5.74, 6) is -0.722. The average Bonchev–Trinajstić information content (AvgIpc) is 3.07. The van der Waals surface area contributed by atoms with E-state index in [9.17, 15) is 9.90 Å². The Morgan fingerprint density at radius 1 is 1.40 bits per heavy atom. The first-order valence-corrected chi connectivity index (χ1v) is 7.40. The van der Waals surface area contributed by atoms with E-state index >= 15 is 0 Å². The molecule has 1 saturated heterocycles. The molecule has 2 heterocycles. The maximum atomic E-state index is 11.3. The van der Waals surface area contributed by atoms with E-state index < -0.39 is 11.4 Å². The number of carboxylic acid groups (broad SMARTS) is 1. The first kappa shape index (κ1) is 13.1. The summed E-state index contributed by atoms with van der Waals surface area (Å²) < 4.78 is 0. The molecule has 0 spiro atoms. The second-order valence-electron chi connectivity index (χ2n) is 5.41. The Bertz CT molecular complexity index is 626. The molecule has 1 atom stereocenters. The minimum atomic E-state index is -0.722. The Kier molecular flexibility index (Phi) is 3.22. The highest BCUT2D eigenvalue weighted by atomic mass is 32.1. The number of hydrogen-bond acceptors (Lipinski definition) is 4. The summed E-state index contributed by atoms with van der Waals surface area (Å²) in [6.45, 7) is 3.09. The Hall–Kier alpha value is -1.88. The van der Waals surface area contributed by atoms with Crippen molar-refractivity contribution in [1.29, 1.82) is 0 Å². The van der Waals surface area contributed by atoms with Crippen LogP contribution in [-0.4, -0.2) is 29.1 Å². The standard InChI is InChI=1S/C15H16N2O2S/c1-15(13(18)19)7-8-17(10-15)14-16-9-12(20-14)11-5-3-2-4-6-11/h2-6,9H,7-8,10H2,1H3,(H,18,19). The molecular formula is C15H16N2O2S. The zero-order valence-electron chi connectivity index (χ0n) is 11.2. The quantitative estimate of drug-likeness (QED) is 0.943. The van der Waals surface area contributed by atoms with Gasteiger partial charge in [-0.05, 0) is 18.9 Å². The molecule has 0 amide bonds. The number of benzene rings is 1. The number of carboxylic acids is 1. The summed E-state index contributed by atoms with van der Waals surface area (Å²) in [5, 5.41) is 10.2. The zero-order valence-corrected chi connectivity index (χ0v) is 12.1. The molecule has 0 aliphatic carbocycles. The van der Waals surface area contributed by atoms with Gasteiger partial charge >= 0.3 is 5.97 Å². The van der Waals surface area contributed by atoms with Gasteiger partial charge in [-0.25, -0.2) is 4.98 Å². The van der Waals surface area contributed by atoms with E-state index in [1.54, 1.807) is 18.3 Å². The number of carbonyl (C=O) groups is 1. The fourth-order valence-electron chi connectivity index (χ4n) is 2.45. The molecule has 20 heavy (non-hydrogen) atoms. The fraction of sp³-hybridized carbons (Fsp3) is 0.333. The Morgan fingerprint density at radius 2 is 2.15 bits per heavy atom. The number of rotatable bonds is 3. The van der Waals surface area contributed by atoms with E-state index in [1.807, 2.05) is 24.4 Å². The largest absolute Gasteiger partial charge is 0.481 e. The number of hydrogen-bond donors (Lipinski definition) is 1. The summed E-state index contributed by atoms with van der Waals surface area (Å²) in [5.41, 5.74) is 0.495. The van der Waals surface area contributed by atoms with Crippen LogP contribution < -0.4 is 4.90 Å². The lowest BCUT2D eigenvalue weighted by molar-refractivity contribution is -0.146. The highest BCUT2D eigenvalue weighted by Crippen LogP contribution is 2.37. The minimum Gasteiger partial charge on any atom is -0.481 e. The van der Waals surface area contributed by atoms with Crippen molar-refractivity contribution in [3.63, 3.8) is 0 Å². The minimum absolute atomic E-state index is 0.532. The molecule has 4 nitrogen and oxygen atoms in total.